The standard InChI is InChI=1S/C21H22ClFN6O2/c1-12-8-24-21(27-17-3-4-31-10-17)28-19(12)29-9-18(25-11-29)20(30)26-13(2)14-5-15(22)7-16(23)6-14/h5-9,11,13,17H,3-4,10H2,1-2H3,(H,26,30)(H,24,27,28)/t13-,17+/m1/s1. The van der Waals surface area contributed by atoms with Gasteiger partial charge in [0.2, 0.25) is 5.95 Å². The predicted octanol–water partition coefficient (Wildman–Crippen LogP) is 3.46. The molecule has 162 valence electrons. The Morgan fingerprint density at radius 2 is 2.19 bits per heavy atom. The minimum Gasteiger partial charge on any atom is -0.379 e. The Bertz CT molecular complexity index is 1080. The van der Waals surface area contributed by atoms with Crippen molar-refractivity contribution in [2.24, 2.45) is 0 Å². The van der Waals surface area contributed by atoms with Gasteiger partial charge in [0.1, 0.15) is 23.7 Å². The van der Waals surface area contributed by atoms with Gasteiger partial charge in [0.15, 0.2) is 0 Å². The van der Waals surface area contributed by atoms with Crippen LogP contribution in [-0.4, -0.2) is 44.7 Å². The van der Waals surface area contributed by atoms with Crippen LogP contribution in [0.4, 0.5) is 10.3 Å². The number of carbonyl (C=O) groups is 1. The number of hydrogen-bond acceptors (Lipinski definition) is 6. The van der Waals surface area contributed by atoms with Crippen LogP contribution in [0.25, 0.3) is 5.82 Å². The summed E-state index contributed by atoms with van der Waals surface area (Å²) in [5.41, 5.74) is 1.61. The van der Waals surface area contributed by atoms with Crippen molar-refractivity contribution in [3.8, 4) is 5.82 Å². The van der Waals surface area contributed by atoms with Crippen molar-refractivity contribution in [2.75, 3.05) is 18.5 Å². The maximum absolute atomic E-state index is 13.6. The van der Waals surface area contributed by atoms with E-state index in [1.54, 1.807) is 30.0 Å². The Morgan fingerprint density at radius 3 is 2.94 bits per heavy atom. The molecule has 0 aliphatic carbocycles. The normalized spacial score (nSPS) is 16.8. The minimum absolute atomic E-state index is 0.178. The van der Waals surface area contributed by atoms with Gasteiger partial charge >= 0.3 is 0 Å². The summed E-state index contributed by atoms with van der Waals surface area (Å²) < 4.78 is 20.6. The van der Waals surface area contributed by atoms with E-state index in [1.165, 1.54) is 18.5 Å². The first kappa shape index (κ1) is 21.2. The summed E-state index contributed by atoms with van der Waals surface area (Å²) in [6.07, 6.45) is 5.74. The average molecular weight is 445 g/mol. The number of aromatic nitrogens is 4. The fraction of sp³-hybridized carbons (Fsp3) is 0.333. The monoisotopic (exact) mass is 444 g/mol. The maximum Gasteiger partial charge on any atom is 0.271 e. The molecule has 3 heterocycles. The molecule has 31 heavy (non-hydrogen) atoms. The lowest BCUT2D eigenvalue weighted by atomic mass is 10.1. The Labute approximate surface area is 183 Å². The summed E-state index contributed by atoms with van der Waals surface area (Å²) in [5, 5.41) is 6.34. The Kier molecular flexibility index (Phi) is 6.15. The van der Waals surface area contributed by atoms with E-state index in [2.05, 4.69) is 25.6 Å². The van der Waals surface area contributed by atoms with E-state index in [1.807, 2.05) is 6.92 Å². The molecule has 1 fully saturated rings. The summed E-state index contributed by atoms with van der Waals surface area (Å²) in [4.78, 5) is 25.7. The molecule has 8 nitrogen and oxygen atoms in total. The van der Waals surface area contributed by atoms with Crippen LogP contribution in [-0.2, 0) is 4.74 Å². The molecule has 3 aromatic rings. The Hall–Kier alpha value is -3.04. The van der Waals surface area contributed by atoms with Gasteiger partial charge in [-0.05, 0) is 44.0 Å². The topological polar surface area (TPSA) is 94.0 Å². The summed E-state index contributed by atoms with van der Waals surface area (Å²) in [7, 11) is 0. The number of anilines is 1. The number of imidazole rings is 1. The first-order chi connectivity index (χ1) is 14.9. The van der Waals surface area contributed by atoms with Gasteiger partial charge in [-0.25, -0.2) is 14.4 Å². The highest BCUT2D eigenvalue weighted by molar-refractivity contribution is 6.30. The van der Waals surface area contributed by atoms with Gasteiger partial charge in [-0.15, -0.1) is 0 Å². The molecule has 0 saturated carbocycles. The van der Waals surface area contributed by atoms with Crippen LogP contribution in [0.3, 0.4) is 0 Å². The van der Waals surface area contributed by atoms with Crippen molar-refractivity contribution in [3.05, 3.63) is 64.6 Å². The van der Waals surface area contributed by atoms with Gasteiger partial charge in [0.05, 0.1) is 18.7 Å². The first-order valence-electron chi connectivity index (χ1n) is 9.88. The molecular formula is C21H22ClFN6O2. The van der Waals surface area contributed by atoms with Gasteiger partial charge in [-0.3, -0.25) is 9.36 Å². The Balaban J connectivity index is 1.49. The number of hydrogen-bond donors (Lipinski definition) is 2. The highest BCUT2D eigenvalue weighted by Gasteiger charge is 2.19. The molecule has 1 saturated heterocycles. The smallest absolute Gasteiger partial charge is 0.271 e. The molecule has 10 heteroatoms. The van der Waals surface area contributed by atoms with Crippen molar-refractivity contribution in [3.63, 3.8) is 0 Å². The number of ether oxygens (including phenoxy) is 1. The van der Waals surface area contributed by atoms with Crippen LogP contribution in [0.2, 0.25) is 5.02 Å². The summed E-state index contributed by atoms with van der Waals surface area (Å²) in [6.45, 7) is 4.97. The first-order valence-corrected chi connectivity index (χ1v) is 10.3. The molecule has 1 amide bonds. The summed E-state index contributed by atoms with van der Waals surface area (Å²) in [5.74, 6) is 0.265. The van der Waals surface area contributed by atoms with Gasteiger partial charge in [0.25, 0.3) is 5.91 Å². The minimum atomic E-state index is -0.458. The van der Waals surface area contributed by atoms with Crippen LogP contribution in [0.15, 0.2) is 36.9 Å². The number of aryl methyl sites for hydroxylation is 1. The molecule has 1 aliphatic heterocycles. The van der Waals surface area contributed by atoms with Crippen molar-refractivity contribution in [1.29, 1.82) is 0 Å². The predicted molar refractivity (Wildman–Crippen MR) is 114 cm³/mol. The highest BCUT2D eigenvalue weighted by Crippen LogP contribution is 2.20. The van der Waals surface area contributed by atoms with Crippen molar-refractivity contribution in [1.82, 2.24) is 24.8 Å². The van der Waals surface area contributed by atoms with E-state index in [0.717, 1.165) is 18.6 Å². The molecular weight excluding hydrogens is 423 g/mol. The van der Waals surface area contributed by atoms with Crippen LogP contribution < -0.4 is 10.6 Å². The van der Waals surface area contributed by atoms with Crippen LogP contribution in [0, 0.1) is 12.7 Å². The molecule has 0 spiro atoms. The van der Waals surface area contributed by atoms with Crippen molar-refractivity contribution >= 4 is 23.5 Å². The molecule has 1 aliphatic rings. The SMILES string of the molecule is Cc1cnc(N[C@H]2CCOC2)nc1-n1cnc(C(=O)N[C@H](C)c2cc(F)cc(Cl)c2)c1. The summed E-state index contributed by atoms with van der Waals surface area (Å²) >= 11 is 5.91. The number of amides is 1. The maximum atomic E-state index is 13.6. The zero-order valence-electron chi connectivity index (χ0n) is 17.1. The lowest BCUT2D eigenvalue weighted by Gasteiger charge is -2.14. The Morgan fingerprint density at radius 1 is 1.35 bits per heavy atom. The van der Waals surface area contributed by atoms with Gasteiger partial charge in [-0.1, -0.05) is 11.6 Å². The van der Waals surface area contributed by atoms with Crippen molar-refractivity contribution < 1.29 is 13.9 Å². The molecule has 2 aromatic heterocycles. The van der Waals surface area contributed by atoms with E-state index in [4.69, 9.17) is 16.3 Å². The van der Waals surface area contributed by atoms with Crippen LogP contribution in [0.5, 0.6) is 0 Å². The lowest BCUT2D eigenvalue weighted by Crippen LogP contribution is -2.27. The third-order valence-electron chi connectivity index (χ3n) is 5.00. The van der Waals surface area contributed by atoms with Gasteiger partial charge < -0.3 is 15.4 Å². The third kappa shape index (κ3) is 5.00. The molecule has 4 rings (SSSR count). The van der Waals surface area contributed by atoms with E-state index < -0.39 is 11.9 Å². The zero-order chi connectivity index (χ0) is 22.0. The van der Waals surface area contributed by atoms with Gasteiger partial charge in [-0.2, -0.15) is 4.98 Å². The molecule has 1 aromatic carbocycles. The fourth-order valence-corrected chi connectivity index (χ4v) is 3.56. The van der Waals surface area contributed by atoms with Crippen molar-refractivity contribution in [2.45, 2.75) is 32.4 Å². The van der Waals surface area contributed by atoms with E-state index in [-0.39, 0.29) is 22.7 Å². The van der Waals surface area contributed by atoms with E-state index in [0.29, 0.717) is 23.9 Å². The fourth-order valence-electron chi connectivity index (χ4n) is 3.33. The molecule has 2 atom stereocenters. The second-order valence-electron chi connectivity index (χ2n) is 7.47. The number of carbonyl (C=O) groups excluding carboxylic acids is 1. The molecule has 0 unspecified atom stereocenters. The molecule has 0 radical (unpaired) electrons. The second kappa shape index (κ2) is 8.99. The third-order valence-corrected chi connectivity index (χ3v) is 5.22. The molecule has 2 N–H and O–H groups in total. The second-order valence-corrected chi connectivity index (χ2v) is 7.91. The largest absolute Gasteiger partial charge is 0.379 e. The lowest BCUT2D eigenvalue weighted by molar-refractivity contribution is 0.0935. The number of nitrogens with zero attached hydrogens (tertiary/aromatic N) is 4. The summed E-state index contributed by atoms with van der Waals surface area (Å²) in [6, 6.07) is 3.90. The van der Waals surface area contributed by atoms with Gasteiger partial charge in [0, 0.05) is 29.6 Å². The van der Waals surface area contributed by atoms with Crippen LogP contribution in [0.1, 0.15) is 41.0 Å². The molecule has 0 bridgehead atoms. The van der Waals surface area contributed by atoms with E-state index in [9.17, 15) is 9.18 Å². The number of rotatable bonds is 6. The quantitative estimate of drug-likeness (QED) is 0.604. The number of benzene rings is 1. The number of nitrogens with one attached hydrogen (secondary N) is 2. The number of halogens is 2. The zero-order valence-corrected chi connectivity index (χ0v) is 17.9. The highest BCUT2D eigenvalue weighted by atomic mass is 35.5. The average Bonchev–Trinajstić information content (AvgIpc) is 3.41. The van der Waals surface area contributed by atoms with E-state index >= 15 is 0 Å². The van der Waals surface area contributed by atoms with Crippen LogP contribution >= 0.6 is 11.6 Å².